The van der Waals surface area contributed by atoms with Gasteiger partial charge in [0.1, 0.15) is 0 Å². The van der Waals surface area contributed by atoms with Crippen molar-refractivity contribution in [3.63, 3.8) is 0 Å². The van der Waals surface area contributed by atoms with Crippen LogP contribution in [0.25, 0.3) is 10.8 Å². The average Bonchev–Trinajstić information content (AvgIpc) is 2.54. The minimum absolute atomic E-state index is 0.316. The molecule has 0 aliphatic heterocycles. The molecule has 0 N–H and O–H groups in total. The number of hydrogen-bond donors (Lipinski definition) is 0. The fraction of sp³-hybridized carbons (Fsp3) is 0.158. The second kappa shape index (κ2) is 5.80. The van der Waals surface area contributed by atoms with Crippen LogP contribution in [0.5, 0.6) is 0 Å². The topological polar surface area (TPSA) is 0 Å². The zero-order chi connectivity index (χ0) is 13.9. The molecular formula is C19H17Br. The van der Waals surface area contributed by atoms with E-state index in [0.717, 1.165) is 0 Å². The molecule has 1 heteroatoms. The van der Waals surface area contributed by atoms with Gasteiger partial charge >= 0.3 is 0 Å². The monoisotopic (exact) mass is 324 g/mol. The predicted molar refractivity (Wildman–Crippen MR) is 90.5 cm³/mol. The first-order chi connectivity index (χ1) is 9.77. The molecule has 0 heterocycles. The minimum Gasteiger partial charge on any atom is -0.0832 e. The summed E-state index contributed by atoms with van der Waals surface area (Å²) in [5, 5.41) is 2.63. The molecule has 0 spiro atoms. The molecule has 20 heavy (non-hydrogen) atoms. The van der Waals surface area contributed by atoms with Gasteiger partial charge in [0.25, 0.3) is 0 Å². The summed E-state index contributed by atoms with van der Waals surface area (Å²) in [6.45, 7) is 2.27. The zero-order valence-electron chi connectivity index (χ0n) is 11.5. The Morgan fingerprint density at radius 3 is 2.20 bits per heavy atom. The quantitative estimate of drug-likeness (QED) is 0.512. The van der Waals surface area contributed by atoms with Gasteiger partial charge in [-0.2, -0.15) is 0 Å². The van der Waals surface area contributed by atoms with E-state index in [1.807, 2.05) is 0 Å². The van der Waals surface area contributed by atoms with Gasteiger partial charge in [-0.1, -0.05) is 95.7 Å². The number of fused-ring (bicyclic) bond motifs is 1. The molecule has 0 nitrogen and oxygen atoms in total. The Bertz CT molecular complexity index is 698. The van der Waals surface area contributed by atoms with Crippen molar-refractivity contribution in [3.8, 4) is 0 Å². The van der Waals surface area contributed by atoms with Crippen LogP contribution in [0.2, 0.25) is 0 Å². The van der Waals surface area contributed by atoms with Gasteiger partial charge in [0.15, 0.2) is 0 Å². The summed E-state index contributed by atoms with van der Waals surface area (Å²) in [6, 6.07) is 25.8. The standard InChI is InChI=1S/C19H17Br/c1-14(15-8-3-2-4-9-15)19(20)18-13-7-11-16-10-5-6-12-17(16)18/h2-14,19H,1H3. The van der Waals surface area contributed by atoms with Crippen molar-refractivity contribution in [3.05, 3.63) is 83.9 Å². The summed E-state index contributed by atoms with van der Waals surface area (Å²) >= 11 is 3.91. The number of alkyl halides is 1. The van der Waals surface area contributed by atoms with Gasteiger partial charge in [0.05, 0.1) is 0 Å². The number of benzene rings is 3. The van der Waals surface area contributed by atoms with E-state index in [4.69, 9.17) is 0 Å². The van der Waals surface area contributed by atoms with E-state index >= 15 is 0 Å². The Kier molecular flexibility index (Phi) is 3.88. The highest BCUT2D eigenvalue weighted by molar-refractivity contribution is 9.09. The Morgan fingerprint density at radius 1 is 0.750 bits per heavy atom. The number of halogens is 1. The second-order valence-corrected chi connectivity index (χ2v) is 6.16. The van der Waals surface area contributed by atoms with Gasteiger partial charge in [-0.3, -0.25) is 0 Å². The molecule has 0 amide bonds. The summed E-state index contributed by atoms with van der Waals surface area (Å²) in [7, 11) is 0. The van der Waals surface area contributed by atoms with Crippen molar-refractivity contribution >= 4 is 26.7 Å². The highest BCUT2D eigenvalue weighted by atomic mass is 79.9. The van der Waals surface area contributed by atoms with Crippen molar-refractivity contribution in [1.82, 2.24) is 0 Å². The van der Waals surface area contributed by atoms with Gasteiger partial charge in [-0.15, -0.1) is 0 Å². The third kappa shape index (κ3) is 2.51. The van der Waals surface area contributed by atoms with Crippen LogP contribution in [-0.4, -0.2) is 0 Å². The summed E-state index contributed by atoms with van der Waals surface area (Å²) in [6.07, 6.45) is 0. The zero-order valence-corrected chi connectivity index (χ0v) is 13.0. The summed E-state index contributed by atoms with van der Waals surface area (Å²) in [4.78, 5) is 0.316. The van der Waals surface area contributed by atoms with Crippen molar-refractivity contribution in [1.29, 1.82) is 0 Å². The lowest BCUT2D eigenvalue weighted by molar-refractivity contribution is 0.756. The van der Waals surface area contributed by atoms with Gasteiger partial charge in [-0.25, -0.2) is 0 Å². The maximum Gasteiger partial charge on any atom is 0.0467 e. The fourth-order valence-electron chi connectivity index (χ4n) is 2.69. The lowest BCUT2D eigenvalue weighted by Crippen LogP contribution is -2.02. The van der Waals surface area contributed by atoms with Crippen LogP contribution in [0.3, 0.4) is 0 Å². The maximum atomic E-state index is 3.91. The molecule has 2 atom stereocenters. The van der Waals surface area contributed by atoms with Gasteiger partial charge in [-0.05, 0) is 27.8 Å². The molecule has 3 rings (SSSR count). The molecule has 0 aliphatic carbocycles. The second-order valence-electron chi connectivity index (χ2n) is 5.17. The van der Waals surface area contributed by atoms with Gasteiger partial charge in [0, 0.05) is 4.83 Å². The van der Waals surface area contributed by atoms with Crippen LogP contribution < -0.4 is 0 Å². The van der Waals surface area contributed by atoms with Crippen molar-refractivity contribution < 1.29 is 0 Å². The molecule has 0 saturated heterocycles. The fourth-order valence-corrected chi connectivity index (χ4v) is 3.39. The molecule has 0 saturated carbocycles. The van der Waals surface area contributed by atoms with E-state index in [-0.39, 0.29) is 0 Å². The van der Waals surface area contributed by atoms with Crippen LogP contribution in [0.15, 0.2) is 72.8 Å². The van der Waals surface area contributed by atoms with Crippen LogP contribution in [0.1, 0.15) is 28.8 Å². The van der Waals surface area contributed by atoms with Crippen molar-refractivity contribution in [2.75, 3.05) is 0 Å². The maximum absolute atomic E-state index is 3.91. The van der Waals surface area contributed by atoms with Crippen LogP contribution in [0.4, 0.5) is 0 Å². The Labute approximate surface area is 128 Å². The first kappa shape index (κ1) is 13.4. The highest BCUT2D eigenvalue weighted by Crippen LogP contribution is 2.40. The molecule has 3 aromatic rings. The summed E-state index contributed by atoms with van der Waals surface area (Å²) in [5.74, 6) is 0.432. The first-order valence-electron chi connectivity index (χ1n) is 6.94. The highest BCUT2D eigenvalue weighted by Gasteiger charge is 2.19. The average molecular weight is 325 g/mol. The molecule has 0 aromatic heterocycles. The van der Waals surface area contributed by atoms with Gasteiger partial charge in [0.2, 0.25) is 0 Å². The number of hydrogen-bond acceptors (Lipinski definition) is 0. The summed E-state index contributed by atoms with van der Waals surface area (Å²) in [5.41, 5.74) is 2.72. The lowest BCUT2D eigenvalue weighted by atomic mass is 9.91. The molecule has 0 aliphatic rings. The van der Waals surface area contributed by atoms with E-state index in [0.29, 0.717) is 10.7 Å². The molecule has 0 radical (unpaired) electrons. The van der Waals surface area contributed by atoms with E-state index < -0.39 is 0 Å². The normalized spacial score (nSPS) is 14.1. The first-order valence-corrected chi connectivity index (χ1v) is 7.85. The van der Waals surface area contributed by atoms with Crippen molar-refractivity contribution in [2.45, 2.75) is 17.7 Å². The van der Waals surface area contributed by atoms with E-state index in [9.17, 15) is 0 Å². The molecule has 0 bridgehead atoms. The molecular weight excluding hydrogens is 308 g/mol. The third-order valence-electron chi connectivity index (χ3n) is 3.88. The Balaban J connectivity index is 2.03. The van der Waals surface area contributed by atoms with E-state index in [1.54, 1.807) is 0 Å². The Hall–Kier alpha value is -1.60. The largest absolute Gasteiger partial charge is 0.0832 e. The minimum atomic E-state index is 0.316. The molecule has 0 fully saturated rings. The third-order valence-corrected chi connectivity index (χ3v) is 5.17. The lowest BCUT2D eigenvalue weighted by Gasteiger charge is -2.21. The summed E-state index contributed by atoms with van der Waals surface area (Å²) < 4.78 is 0. The van der Waals surface area contributed by atoms with Gasteiger partial charge < -0.3 is 0 Å². The smallest absolute Gasteiger partial charge is 0.0467 e. The van der Waals surface area contributed by atoms with E-state index in [1.165, 1.54) is 21.9 Å². The van der Waals surface area contributed by atoms with Crippen LogP contribution >= 0.6 is 15.9 Å². The molecule has 3 aromatic carbocycles. The Morgan fingerprint density at radius 2 is 1.40 bits per heavy atom. The number of rotatable bonds is 3. The predicted octanol–water partition coefficient (Wildman–Crippen LogP) is 6.08. The van der Waals surface area contributed by atoms with Crippen LogP contribution in [0, 0.1) is 0 Å². The van der Waals surface area contributed by atoms with E-state index in [2.05, 4.69) is 95.7 Å². The SMILES string of the molecule is CC(c1ccccc1)C(Br)c1cccc2ccccc12. The van der Waals surface area contributed by atoms with Crippen molar-refractivity contribution in [2.24, 2.45) is 0 Å². The molecule has 2 unspecified atom stereocenters. The van der Waals surface area contributed by atoms with Crippen LogP contribution in [-0.2, 0) is 0 Å². The molecule has 100 valence electrons.